The van der Waals surface area contributed by atoms with Crippen molar-refractivity contribution in [3.8, 4) is 0 Å². The lowest BCUT2D eigenvalue weighted by atomic mass is 9.86. The third-order valence-corrected chi connectivity index (χ3v) is 7.05. The van der Waals surface area contributed by atoms with E-state index < -0.39 is 10.0 Å². The average Bonchev–Trinajstić information content (AvgIpc) is 2.53. The summed E-state index contributed by atoms with van der Waals surface area (Å²) in [5.74, 6) is 0.613. The zero-order valence-corrected chi connectivity index (χ0v) is 17.1. The molecular weight excluding hydrogens is 332 g/mol. The van der Waals surface area contributed by atoms with Gasteiger partial charge < -0.3 is 5.32 Å². The molecule has 5 heteroatoms. The molecule has 1 aromatic carbocycles. The SMILES string of the molecule is CC(C)S(=O)(=O)NC1CCC(CNc2ccc(C(C)(C)C)cc2)CC1. The first-order valence-corrected chi connectivity index (χ1v) is 11.0. The smallest absolute Gasteiger partial charge is 0.214 e. The van der Waals surface area contributed by atoms with Gasteiger partial charge >= 0.3 is 0 Å². The van der Waals surface area contributed by atoms with Crippen LogP contribution < -0.4 is 10.0 Å². The fraction of sp³-hybridized carbons (Fsp3) is 0.700. The minimum absolute atomic E-state index is 0.106. The van der Waals surface area contributed by atoms with Gasteiger partial charge in [0.25, 0.3) is 0 Å². The van der Waals surface area contributed by atoms with Crippen LogP contribution in [0.3, 0.4) is 0 Å². The Morgan fingerprint density at radius 1 is 1.04 bits per heavy atom. The van der Waals surface area contributed by atoms with Gasteiger partial charge in [-0.15, -0.1) is 0 Å². The van der Waals surface area contributed by atoms with Gasteiger partial charge in [0.1, 0.15) is 0 Å². The van der Waals surface area contributed by atoms with Gasteiger partial charge in [-0.05, 0) is 68.6 Å². The van der Waals surface area contributed by atoms with Crippen LogP contribution in [0, 0.1) is 5.92 Å². The fourth-order valence-corrected chi connectivity index (χ4v) is 4.18. The Kier molecular flexibility index (Phi) is 6.55. The molecule has 0 amide bonds. The van der Waals surface area contributed by atoms with Crippen LogP contribution in [0.2, 0.25) is 0 Å². The Morgan fingerprint density at radius 3 is 2.08 bits per heavy atom. The molecule has 0 aliphatic heterocycles. The van der Waals surface area contributed by atoms with Crippen LogP contribution in [0.15, 0.2) is 24.3 Å². The summed E-state index contributed by atoms with van der Waals surface area (Å²) in [6.07, 6.45) is 4.00. The van der Waals surface area contributed by atoms with Gasteiger partial charge in [-0.2, -0.15) is 0 Å². The van der Waals surface area contributed by atoms with Gasteiger partial charge in [0, 0.05) is 18.3 Å². The van der Waals surface area contributed by atoms with Crippen molar-refractivity contribution in [2.24, 2.45) is 5.92 Å². The molecule has 4 nitrogen and oxygen atoms in total. The van der Waals surface area contributed by atoms with Crippen LogP contribution in [-0.2, 0) is 15.4 Å². The summed E-state index contributed by atoms with van der Waals surface area (Å²) in [4.78, 5) is 0. The normalized spacial score (nSPS) is 22.2. The van der Waals surface area contributed by atoms with Gasteiger partial charge in [0.15, 0.2) is 0 Å². The standard InChI is InChI=1S/C20H34N2O2S/c1-15(2)25(23,24)22-19-10-6-16(7-11-19)14-21-18-12-8-17(9-13-18)20(3,4)5/h8-9,12-13,15-16,19,21-22H,6-7,10-11,14H2,1-5H3. The summed E-state index contributed by atoms with van der Waals surface area (Å²) in [5.41, 5.74) is 2.69. The van der Waals surface area contributed by atoms with E-state index in [-0.39, 0.29) is 16.7 Å². The van der Waals surface area contributed by atoms with Crippen molar-refractivity contribution in [2.75, 3.05) is 11.9 Å². The largest absolute Gasteiger partial charge is 0.385 e. The van der Waals surface area contributed by atoms with E-state index in [9.17, 15) is 8.42 Å². The van der Waals surface area contributed by atoms with Crippen molar-refractivity contribution < 1.29 is 8.42 Å². The van der Waals surface area contributed by atoms with E-state index >= 15 is 0 Å². The lowest BCUT2D eigenvalue weighted by molar-refractivity contribution is 0.323. The zero-order valence-electron chi connectivity index (χ0n) is 16.3. The van der Waals surface area contributed by atoms with Gasteiger partial charge in [-0.3, -0.25) is 0 Å². The highest BCUT2D eigenvalue weighted by atomic mass is 32.2. The molecule has 0 spiro atoms. The molecule has 1 fully saturated rings. The Morgan fingerprint density at radius 2 is 1.60 bits per heavy atom. The predicted molar refractivity (Wildman–Crippen MR) is 107 cm³/mol. The molecule has 0 aromatic heterocycles. The first-order chi connectivity index (χ1) is 11.6. The van der Waals surface area contributed by atoms with E-state index in [1.807, 2.05) is 0 Å². The summed E-state index contributed by atoms with van der Waals surface area (Å²) in [6.45, 7) is 11.1. The van der Waals surface area contributed by atoms with Gasteiger partial charge in [0.05, 0.1) is 5.25 Å². The Hall–Kier alpha value is -1.07. The second-order valence-corrected chi connectivity index (χ2v) is 10.9. The van der Waals surface area contributed by atoms with Crippen molar-refractivity contribution in [3.05, 3.63) is 29.8 Å². The average molecular weight is 367 g/mol. The summed E-state index contributed by atoms with van der Waals surface area (Å²) in [6, 6.07) is 8.81. The quantitative estimate of drug-likeness (QED) is 0.790. The van der Waals surface area contributed by atoms with Crippen molar-refractivity contribution in [1.29, 1.82) is 0 Å². The molecule has 0 unspecified atom stereocenters. The monoisotopic (exact) mass is 366 g/mol. The maximum atomic E-state index is 12.0. The minimum atomic E-state index is -3.15. The number of hydrogen-bond donors (Lipinski definition) is 2. The number of sulfonamides is 1. The fourth-order valence-electron chi connectivity index (χ4n) is 3.20. The van der Waals surface area contributed by atoms with Gasteiger partial charge in [0.2, 0.25) is 10.0 Å². The summed E-state index contributed by atoms with van der Waals surface area (Å²) in [7, 11) is -3.15. The zero-order chi connectivity index (χ0) is 18.7. The van der Waals surface area contributed by atoms with Gasteiger partial charge in [-0.25, -0.2) is 13.1 Å². The van der Waals surface area contributed by atoms with E-state index in [1.54, 1.807) is 13.8 Å². The molecular formula is C20H34N2O2S. The predicted octanol–water partition coefficient (Wildman–Crippen LogP) is 4.28. The first kappa shape index (κ1) is 20.2. The number of anilines is 1. The van der Waals surface area contributed by atoms with E-state index in [0.29, 0.717) is 5.92 Å². The molecule has 1 saturated carbocycles. The third-order valence-electron chi connectivity index (χ3n) is 5.14. The van der Waals surface area contributed by atoms with Crippen LogP contribution in [0.25, 0.3) is 0 Å². The molecule has 1 aliphatic carbocycles. The molecule has 0 heterocycles. The van der Waals surface area contributed by atoms with Crippen LogP contribution in [0.4, 0.5) is 5.69 Å². The number of nitrogens with one attached hydrogen (secondary N) is 2. The number of hydrogen-bond acceptors (Lipinski definition) is 3. The number of benzene rings is 1. The van der Waals surface area contributed by atoms with E-state index in [4.69, 9.17) is 0 Å². The Labute approximate surface area is 153 Å². The second kappa shape index (κ2) is 8.09. The molecule has 0 saturated heterocycles. The molecule has 0 radical (unpaired) electrons. The van der Waals surface area contributed by atoms with E-state index in [1.165, 1.54) is 5.56 Å². The van der Waals surface area contributed by atoms with E-state index in [2.05, 4.69) is 55.1 Å². The lowest BCUT2D eigenvalue weighted by Crippen LogP contribution is -2.41. The highest BCUT2D eigenvalue weighted by Crippen LogP contribution is 2.27. The third kappa shape index (κ3) is 6.00. The highest BCUT2D eigenvalue weighted by molar-refractivity contribution is 7.90. The summed E-state index contributed by atoms with van der Waals surface area (Å²) >= 11 is 0. The Balaban J connectivity index is 1.77. The maximum Gasteiger partial charge on any atom is 0.214 e. The van der Waals surface area contributed by atoms with Crippen molar-refractivity contribution in [1.82, 2.24) is 4.72 Å². The molecule has 1 aromatic rings. The minimum Gasteiger partial charge on any atom is -0.385 e. The second-order valence-electron chi connectivity index (χ2n) is 8.64. The molecule has 2 rings (SSSR count). The molecule has 2 N–H and O–H groups in total. The van der Waals surface area contributed by atoms with Crippen LogP contribution in [-0.4, -0.2) is 26.3 Å². The van der Waals surface area contributed by atoms with Crippen molar-refractivity contribution >= 4 is 15.7 Å². The molecule has 1 aliphatic rings. The first-order valence-electron chi connectivity index (χ1n) is 9.43. The van der Waals surface area contributed by atoms with E-state index in [0.717, 1.165) is 37.9 Å². The van der Waals surface area contributed by atoms with Crippen molar-refractivity contribution in [3.63, 3.8) is 0 Å². The summed E-state index contributed by atoms with van der Waals surface area (Å²) in [5, 5.41) is 3.18. The molecule has 142 valence electrons. The van der Waals surface area contributed by atoms with Crippen LogP contribution >= 0.6 is 0 Å². The maximum absolute atomic E-state index is 12.0. The van der Waals surface area contributed by atoms with Crippen molar-refractivity contribution in [2.45, 2.75) is 77.0 Å². The van der Waals surface area contributed by atoms with Gasteiger partial charge in [-0.1, -0.05) is 32.9 Å². The highest BCUT2D eigenvalue weighted by Gasteiger charge is 2.26. The van der Waals surface area contributed by atoms with Crippen LogP contribution in [0.5, 0.6) is 0 Å². The molecule has 25 heavy (non-hydrogen) atoms. The van der Waals surface area contributed by atoms with Crippen LogP contribution in [0.1, 0.15) is 65.9 Å². The lowest BCUT2D eigenvalue weighted by Gasteiger charge is -2.30. The molecule has 0 bridgehead atoms. The topological polar surface area (TPSA) is 58.2 Å². The summed E-state index contributed by atoms with van der Waals surface area (Å²) < 4.78 is 26.8. The number of rotatable bonds is 6. The Bertz CT molecular complexity index is 637. The molecule has 0 atom stereocenters.